The number of carbonyl (C=O) groups excluding carboxylic acids is 1. The molecule has 2 unspecified atom stereocenters. The molecule has 0 spiro atoms. The van der Waals surface area contributed by atoms with E-state index in [9.17, 15) is 4.79 Å². The van der Waals surface area contributed by atoms with Gasteiger partial charge < -0.3 is 10.4 Å². The molecule has 2 N–H and O–H groups in total. The van der Waals surface area contributed by atoms with Crippen molar-refractivity contribution in [1.82, 2.24) is 5.32 Å². The summed E-state index contributed by atoms with van der Waals surface area (Å²) >= 11 is 0. The predicted octanol–water partition coefficient (Wildman–Crippen LogP) is 1.47. The lowest BCUT2D eigenvalue weighted by Crippen LogP contribution is -2.18. The minimum atomic E-state index is -0.137. The average Bonchev–Trinajstić information content (AvgIpc) is 2.72. The predicted molar refractivity (Wildman–Crippen MR) is 55.2 cm³/mol. The number of fused-ring (bicyclic) bond motifs is 3. The first-order valence-corrected chi connectivity index (χ1v) is 5.04. The molecule has 1 aromatic carbocycles. The van der Waals surface area contributed by atoms with E-state index in [2.05, 4.69) is 11.4 Å². The zero-order valence-electron chi connectivity index (χ0n) is 8.10. The van der Waals surface area contributed by atoms with Crippen molar-refractivity contribution in [2.75, 3.05) is 0 Å². The van der Waals surface area contributed by atoms with E-state index in [4.69, 9.17) is 5.11 Å². The van der Waals surface area contributed by atoms with Gasteiger partial charge in [-0.25, -0.2) is 0 Å². The standard InChI is InChI=1S/C12H11NO2/c14-6-10-9-5-7-3-1-2-4-8(7)11(9)13-12(10)15/h1-4,6,9,11,14H,5H2,(H,13,15)/b10-6-. The first-order chi connectivity index (χ1) is 7.31. The summed E-state index contributed by atoms with van der Waals surface area (Å²) in [6.45, 7) is 0. The Balaban J connectivity index is 2.08. The Labute approximate surface area is 87.4 Å². The first-order valence-electron chi connectivity index (χ1n) is 5.04. The Morgan fingerprint density at radius 3 is 3.00 bits per heavy atom. The number of aliphatic hydroxyl groups excluding tert-OH is 1. The lowest BCUT2D eigenvalue weighted by Gasteiger charge is -2.08. The van der Waals surface area contributed by atoms with E-state index in [1.54, 1.807) is 0 Å². The Morgan fingerprint density at radius 2 is 2.20 bits per heavy atom. The first kappa shape index (κ1) is 8.53. The van der Waals surface area contributed by atoms with Crippen molar-refractivity contribution in [2.24, 2.45) is 5.92 Å². The van der Waals surface area contributed by atoms with Crippen molar-refractivity contribution in [3.05, 3.63) is 47.2 Å². The highest BCUT2D eigenvalue weighted by atomic mass is 16.2. The number of amides is 1. The van der Waals surface area contributed by atoms with Crippen molar-refractivity contribution in [2.45, 2.75) is 12.5 Å². The molecule has 2 atom stereocenters. The van der Waals surface area contributed by atoms with Gasteiger partial charge >= 0.3 is 0 Å². The number of rotatable bonds is 0. The third-order valence-electron chi connectivity index (χ3n) is 3.32. The molecule has 1 fully saturated rings. The number of hydrogen-bond donors (Lipinski definition) is 2. The maximum Gasteiger partial charge on any atom is 0.251 e. The van der Waals surface area contributed by atoms with Gasteiger partial charge in [0.15, 0.2) is 0 Å². The number of aliphatic hydroxyl groups is 1. The molecule has 1 aliphatic heterocycles. The van der Waals surface area contributed by atoms with Crippen LogP contribution in [0.1, 0.15) is 17.2 Å². The highest BCUT2D eigenvalue weighted by Gasteiger charge is 2.43. The summed E-state index contributed by atoms with van der Waals surface area (Å²) < 4.78 is 0. The third kappa shape index (κ3) is 1.03. The van der Waals surface area contributed by atoms with Crippen LogP contribution in [-0.4, -0.2) is 11.0 Å². The molecule has 1 aromatic rings. The third-order valence-corrected chi connectivity index (χ3v) is 3.32. The molecule has 76 valence electrons. The summed E-state index contributed by atoms with van der Waals surface area (Å²) in [7, 11) is 0. The van der Waals surface area contributed by atoms with Crippen LogP contribution in [0.5, 0.6) is 0 Å². The Hall–Kier alpha value is -1.77. The molecular formula is C12H11NO2. The maximum absolute atomic E-state index is 11.5. The summed E-state index contributed by atoms with van der Waals surface area (Å²) in [5.74, 6) is -0.0260. The summed E-state index contributed by atoms with van der Waals surface area (Å²) in [5.41, 5.74) is 2.97. The fourth-order valence-electron chi connectivity index (χ4n) is 2.61. The molecule has 3 nitrogen and oxygen atoms in total. The van der Waals surface area contributed by atoms with E-state index in [0.29, 0.717) is 5.57 Å². The van der Waals surface area contributed by atoms with Gasteiger partial charge in [0.1, 0.15) is 0 Å². The second kappa shape index (κ2) is 2.86. The lowest BCUT2D eigenvalue weighted by atomic mass is 9.98. The van der Waals surface area contributed by atoms with Crippen molar-refractivity contribution < 1.29 is 9.90 Å². The van der Waals surface area contributed by atoms with Crippen LogP contribution in [0.25, 0.3) is 0 Å². The maximum atomic E-state index is 11.5. The van der Waals surface area contributed by atoms with Crippen LogP contribution in [-0.2, 0) is 11.2 Å². The number of hydrogen-bond acceptors (Lipinski definition) is 2. The van der Waals surface area contributed by atoms with E-state index >= 15 is 0 Å². The zero-order valence-corrected chi connectivity index (χ0v) is 8.10. The largest absolute Gasteiger partial charge is 0.515 e. The molecule has 1 amide bonds. The average molecular weight is 201 g/mol. The molecule has 3 rings (SSSR count). The van der Waals surface area contributed by atoms with Crippen molar-refractivity contribution in [3.63, 3.8) is 0 Å². The lowest BCUT2D eigenvalue weighted by molar-refractivity contribution is -0.116. The fourth-order valence-corrected chi connectivity index (χ4v) is 2.61. The second-order valence-electron chi connectivity index (χ2n) is 4.05. The van der Waals surface area contributed by atoms with Crippen LogP contribution >= 0.6 is 0 Å². The van der Waals surface area contributed by atoms with Crippen molar-refractivity contribution in [1.29, 1.82) is 0 Å². The highest BCUT2D eigenvalue weighted by molar-refractivity contribution is 5.97. The molecular weight excluding hydrogens is 190 g/mol. The molecule has 0 saturated carbocycles. The minimum Gasteiger partial charge on any atom is -0.515 e. The van der Waals surface area contributed by atoms with E-state index in [-0.39, 0.29) is 17.9 Å². The summed E-state index contributed by atoms with van der Waals surface area (Å²) in [4.78, 5) is 11.5. The van der Waals surface area contributed by atoms with Crippen LogP contribution < -0.4 is 5.32 Å². The van der Waals surface area contributed by atoms with E-state index < -0.39 is 0 Å². The van der Waals surface area contributed by atoms with Gasteiger partial charge in [-0.2, -0.15) is 0 Å². The highest BCUT2D eigenvalue weighted by Crippen LogP contribution is 2.43. The van der Waals surface area contributed by atoms with Gasteiger partial charge in [0, 0.05) is 5.92 Å². The molecule has 1 aliphatic carbocycles. The summed E-state index contributed by atoms with van der Waals surface area (Å²) in [6.07, 6.45) is 1.79. The fraction of sp³-hybridized carbons (Fsp3) is 0.250. The summed E-state index contributed by atoms with van der Waals surface area (Å²) in [5, 5.41) is 11.9. The quantitative estimate of drug-likeness (QED) is 0.493. The SMILES string of the molecule is O=C1NC2c3ccccc3CC2/C1=C/O. The normalized spacial score (nSPS) is 30.1. The van der Waals surface area contributed by atoms with Crippen LogP contribution in [0.2, 0.25) is 0 Å². The van der Waals surface area contributed by atoms with Crippen LogP contribution in [0.3, 0.4) is 0 Å². The molecule has 1 heterocycles. The number of benzene rings is 1. The van der Waals surface area contributed by atoms with E-state index in [1.165, 1.54) is 11.1 Å². The second-order valence-corrected chi connectivity index (χ2v) is 4.05. The van der Waals surface area contributed by atoms with Gasteiger partial charge in [-0.05, 0) is 17.5 Å². The van der Waals surface area contributed by atoms with Gasteiger partial charge in [-0.3, -0.25) is 4.79 Å². The zero-order chi connectivity index (χ0) is 10.4. The molecule has 0 aromatic heterocycles. The Kier molecular flexibility index (Phi) is 1.63. The molecule has 15 heavy (non-hydrogen) atoms. The van der Waals surface area contributed by atoms with E-state index in [0.717, 1.165) is 12.7 Å². The van der Waals surface area contributed by atoms with Crippen LogP contribution in [0.4, 0.5) is 0 Å². The van der Waals surface area contributed by atoms with Gasteiger partial charge in [0.05, 0.1) is 17.9 Å². The number of carbonyl (C=O) groups is 1. The summed E-state index contributed by atoms with van der Waals surface area (Å²) in [6, 6.07) is 8.17. The molecule has 2 aliphatic rings. The van der Waals surface area contributed by atoms with Crippen molar-refractivity contribution >= 4 is 5.91 Å². The van der Waals surface area contributed by atoms with Crippen LogP contribution in [0.15, 0.2) is 36.1 Å². The van der Waals surface area contributed by atoms with Crippen LogP contribution in [0, 0.1) is 5.92 Å². The molecule has 3 heteroatoms. The molecule has 0 bridgehead atoms. The Bertz CT molecular complexity index is 464. The number of nitrogens with one attached hydrogen (secondary N) is 1. The minimum absolute atomic E-state index is 0.0621. The topological polar surface area (TPSA) is 49.3 Å². The molecule has 1 saturated heterocycles. The van der Waals surface area contributed by atoms with Gasteiger partial charge in [-0.1, -0.05) is 24.3 Å². The molecule has 0 radical (unpaired) electrons. The van der Waals surface area contributed by atoms with Crippen molar-refractivity contribution in [3.8, 4) is 0 Å². The smallest absolute Gasteiger partial charge is 0.251 e. The monoisotopic (exact) mass is 201 g/mol. The van der Waals surface area contributed by atoms with E-state index in [1.807, 2.05) is 18.2 Å². The van der Waals surface area contributed by atoms with Gasteiger partial charge in [0.2, 0.25) is 0 Å². The van der Waals surface area contributed by atoms with Gasteiger partial charge in [0.25, 0.3) is 5.91 Å². The Morgan fingerprint density at radius 1 is 1.40 bits per heavy atom. The van der Waals surface area contributed by atoms with Gasteiger partial charge in [-0.15, -0.1) is 0 Å².